The Morgan fingerprint density at radius 3 is 2.78 bits per heavy atom. The zero-order valence-electron chi connectivity index (χ0n) is 15.4. The predicted molar refractivity (Wildman–Crippen MR) is 97.9 cm³/mol. The maximum absolute atomic E-state index is 12.6. The molecule has 146 valence electrons. The number of likely N-dealkylation sites (tertiary alicyclic amines) is 1. The Balaban J connectivity index is 1.71. The molecule has 4 aliphatic rings. The number of Topliss-reactive ketones (excluding diaryl/α,β-unsaturated/α-hetero) is 1. The van der Waals surface area contributed by atoms with Gasteiger partial charge in [0, 0.05) is 36.4 Å². The molecule has 27 heavy (non-hydrogen) atoms. The van der Waals surface area contributed by atoms with Crippen LogP contribution in [-0.2, 0) is 21.5 Å². The molecule has 0 radical (unpaired) electrons. The number of aromatic hydroxyl groups is 1. The molecule has 1 aromatic carbocycles. The topological polar surface area (TPSA) is 111 Å². The Labute approximate surface area is 158 Å². The lowest BCUT2D eigenvalue weighted by atomic mass is 9.49. The monoisotopic (exact) mass is 373 g/mol. The van der Waals surface area contributed by atoms with Crippen molar-refractivity contribution in [1.82, 2.24) is 4.90 Å². The highest BCUT2D eigenvalue weighted by Gasteiger charge is 2.67. The molecule has 5 N–H and O–H groups in total. The van der Waals surface area contributed by atoms with Gasteiger partial charge in [-0.2, -0.15) is 5.90 Å². The molecule has 2 bridgehead atoms. The fourth-order valence-corrected chi connectivity index (χ4v) is 6.15. The minimum absolute atomic E-state index is 0.0280. The first-order chi connectivity index (χ1) is 13.0. The smallest absolute Gasteiger partial charge is 0.188 e. The average Bonchev–Trinajstić information content (AvgIpc) is 3.47. The standard InChI is InChI=1S/C20H27N3O4/c21-26-15-4-3-13-9-16-20(27-22)6-5-14(24)10-19(20,17(13)18(15)25)7-8-23(16)11-12-1-2-12/h3-4,12,16,25H,1-2,5-11,21-22H2/t16-,19-,20?/m1/s1. The third-order valence-corrected chi connectivity index (χ3v) is 7.53. The molecule has 2 saturated carbocycles. The van der Waals surface area contributed by atoms with Gasteiger partial charge in [0.05, 0.1) is 0 Å². The van der Waals surface area contributed by atoms with E-state index in [4.69, 9.17) is 21.5 Å². The van der Waals surface area contributed by atoms with Crippen LogP contribution < -0.4 is 16.6 Å². The molecule has 3 atom stereocenters. The highest BCUT2D eigenvalue weighted by Crippen LogP contribution is 2.61. The third-order valence-electron chi connectivity index (χ3n) is 7.53. The van der Waals surface area contributed by atoms with Gasteiger partial charge in [-0.05, 0) is 56.2 Å². The summed E-state index contributed by atoms with van der Waals surface area (Å²) in [6, 6.07) is 3.78. The van der Waals surface area contributed by atoms with E-state index in [0.717, 1.165) is 43.0 Å². The number of hydrogen-bond donors (Lipinski definition) is 3. The highest BCUT2D eigenvalue weighted by molar-refractivity contribution is 5.83. The zero-order chi connectivity index (χ0) is 18.8. The Morgan fingerprint density at radius 2 is 2.07 bits per heavy atom. The van der Waals surface area contributed by atoms with E-state index >= 15 is 0 Å². The van der Waals surface area contributed by atoms with Crippen molar-refractivity contribution in [3.8, 4) is 11.5 Å². The van der Waals surface area contributed by atoms with E-state index in [1.807, 2.05) is 6.07 Å². The van der Waals surface area contributed by atoms with Gasteiger partial charge in [-0.15, -0.1) is 0 Å². The number of nitrogens with two attached hydrogens (primary N) is 2. The minimum Gasteiger partial charge on any atom is -0.504 e. The molecule has 1 heterocycles. The molecule has 1 aliphatic heterocycles. The van der Waals surface area contributed by atoms with Gasteiger partial charge in [0.2, 0.25) is 0 Å². The molecule has 1 unspecified atom stereocenters. The molecule has 7 heteroatoms. The molecule has 1 aromatic rings. The summed E-state index contributed by atoms with van der Waals surface area (Å²) in [5, 5.41) is 11.0. The molecule has 7 nitrogen and oxygen atoms in total. The number of piperidine rings is 1. The molecule has 0 amide bonds. The fourth-order valence-electron chi connectivity index (χ4n) is 6.15. The van der Waals surface area contributed by atoms with E-state index in [1.165, 1.54) is 12.8 Å². The number of phenolic OH excluding ortho intramolecular Hbond substituents is 1. The van der Waals surface area contributed by atoms with Gasteiger partial charge in [0.1, 0.15) is 11.4 Å². The number of rotatable bonds is 4. The zero-order valence-corrected chi connectivity index (χ0v) is 15.4. The number of phenols is 1. The minimum atomic E-state index is -0.675. The van der Waals surface area contributed by atoms with Crippen LogP contribution in [0.5, 0.6) is 11.5 Å². The van der Waals surface area contributed by atoms with Gasteiger partial charge >= 0.3 is 0 Å². The second-order valence-corrected chi connectivity index (χ2v) is 8.78. The van der Waals surface area contributed by atoms with Crippen molar-refractivity contribution in [2.75, 3.05) is 13.1 Å². The molecule has 0 spiro atoms. The number of carbonyl (C=O) groups excluding carboxylic acids is 1. The summed E-state index contributed by atoms with van der Waals surface area (Å²) < 4.78 is 0. The number of nitrogens with zero attached hydrogens (tertiary/aromatic N) is 1. The van der Waals surface area contributed by atoms with Crippen molar-refractivity contribution in [1.29, 1.82) is 0 Å². The summed E-state index contributed by atoms with van der Waals surface area (Å²) in [6.07, 6.45) is 5.44. The number of benzene rings is 1. The normalized spacial score (nSPS) is 35.5. The van der Waals surface area contributed by atoms with Crippen LogP contribution in [0.25, 0.3) is 0 Å². The van der Waals surface area contributed by atoms with Crippen LogP contribution in [0, 0.1) is 5.92 Å². The van der Waals surface area contributed by atoms with Crippen LogP contribution in [0.3, 0.4) is 0 Å². The molecular weight excluding hydrogens is 346 g/mol. The SMILES string of the molecule is NOc1ccc2c(c1O)[C@]13CCN(CC4CC4)[C@H](C2)C1(ON)CCC(=O)C3. The van der Waals surface area contributed by atoms with E-state index in [0.29, 0.717) is 19.3 Å². The summed E-state index contributed by atoms with van der Waals surface area (Å²) in [5.41, 5.74) is 0.493. The van der Waals surface area contributed by atoms with Crippen LogP contribution in [-0.4, -0.2) is 40.5 Å². The first-order valence-electron chi connectivity index (χ1n) is 9.90. The van der Waals surface area contributed by atoms with E-state index in [9.17, 15) is 9.90 Å². The van der Waals surface area contributed by atoms with Crippen molar-refractivity contribution in [2.24, 2.45) is 17.7 Å². The van der Waals surface area contributed by atoms with Crippen LogP contribution >= 0.6 is 0 Å². The quantitative estimate of drug-likeness (QED) is 0.682. The summed E-state index contributed by atoms with van der Waals surface area (Å²) in [4.78, 5) is 25.8. The second kappa shape index (κ2) is 5.91. The second-order valence-electron chi connectivity index (χ2n) is 8.78. The van der Waals surface area contributed by atoms with Gasteiger partial charge in [-0.1, -0.05) is 6.07 Å². The van der Waals surface area contributed by atoms with Crippen LogP contribution in [0.2, 0.25) is 0 Å². The largest absolute Gasteiger partial charge is 0.504 e. The Hall–Kier alpha value is -1.67. The maximum atomic E-state index is 12.6. The predicted octanol–water partition coefficient (Wildman–Crippen LogP) is 1.30. The Morgan fingerprint density at radius 1 is 1.26 bits per heavy atom. The Bertz CT molecular complexity index is 796. The lowest BCUT2D eigenvalue weighted by molar-refractivity contribution is -0.203. The first kappa shape index (κ1) is 17.4. The van der Waals surface area contributed by atoms with Crippen LogP contribution in [0.4, 0.5) is 0 Å². The first-order valence-corrected chi connectivity index (χ1v) is 9.90. The number of fused-ring (bicyclic) bond motifs is 1. The third kappa shape index (κ3) is 2.26. The number of ketones is 1. The van der Waals surface area contributed by atoms with Crippen molar-refractivity contribution in [3.63, 3.8) is 0 Å². The average molecular weight is 373 g/mol. The number of hydrogen-bond acceptors (Lipinski definition) is 7. The maximum Gasteiger partial charge on any atom is 0.188 e. The lowest BCUT2D eigenvalue weighted by Crippen LogP contribution is -2.75. The van der Waals surface area contributed by atoms with Gasteiger partial charge in [0.25, 0.3) is 0 Å². The van der Waals surface area contributed by atoms with Crippen molar-refractivity contribution in [3.05, 3.63) is 23.3 Å². The molecule has 5 rings (SSSR count). The van der Waals surface area contributed by atoms with E-state index in [-0.39, 0.29) is 23.3 Å². The molecule has 1 saturated heterocycles. The highest BCUT2D eigenvalue weighted by atomic mass is 16.6. The number of carbonyl (C=O) groups is 1. The summed E-state index contributed by atoms with van der Waals surface area (Å²) in [7, 11) is 0. The van der Waals surface area contributed by atoms with Crippen LogP contribution in [0.1, 0.15) is 49.7 Å². The van der Waals surface area contributed by atoms with Crippen molar-refractivity contribution in [2.45, 2.75) is 62.0 Å². The summed E-state index contributed by atoms with van der Waals surface area (Å²) >= 11 is 0. The molecule has 3 aliphatic carbocycles. The van der Waals surface area contributed by atoms with E-state index in [1.54, 1.807) is 6.07 Å². The van der Waals surface area contributed by atoms with Gasteiger partial charge in [-0.25, -0.2) is 5.90 Å². The van der Waals surface area contributed by atoms with Gasteiger partial charge in [0.15, 0.2) is 11.5 Å². The van der Waals surface area contributed by atoms with E-state index in [2.05, 4.69) is 4.90 Å². The van der Waals surface area contributed by atoms with Crippen molar-refractivity contribution < 1.29 is 19.6 Å². The molecule has 3 fully saturated rings. The Kier molecular flexibility index (Phi) is 3.82. The van der Waals surface area contributed by atoms with Gasteiger partial charge in [-0.3, -0.25) is 14.5 Å². The fraction of sp³-hybridized carbons (Fsp3) is 0.650. The van der Waals surface area contributed by atoms with E-state index < -0.39 is 11.0 Å². The van der Waals surface area contributed by atoms with Gasteiger partial charge < -0.3 is 9.94 Å². The lowest BCUT2D eigenvalue weighted by Gasteiger charge is -2.64. The van der Waals surface area contributed by atoms with Crippen molar-refractivity contribution >= 4 is 5.78 Å². The van der Waals surface area contributed by atoms with Crippen LogP contribution in [0.15, 0.2) is 12.1 Å². The molecule has 0 aromatic heterocycles. The summed E-state index contributed by atoms with van der Waals surface area (Å²) in [6.45, 7) is 1.94. The molecular formula is C20H27N3O4. The summed E-state index contributed by atoms with van der Waals surface area (Å²) in [5.74, 6) is 12.6.